The molecule has 0 amide bonds. The van der Waals surface area contributed by atoms with Gasteiger partial charge in [0.15, 0.2) is 18.9 Å². The van der Waals surface area contributed by atoms with E-state index in [9.17, 15) is 50.8 Å². The van der Waals surface area contributed by atoms with Crippen molar-refractivity contribution in [1.82, 2.24) is 0 Å². The molecule has 0 aromatic carbocycles. The predicted octanol–water partition coefficient (Wildman–Crippen LogP) is 3.84. The molecule has 0 saturated carbocycles. The molecule has 5 heterocycles. The van der Waals surface area contributed by atoms with Gasteiger partial charge in [-0.1, -0.05) is 61.8 Å². The maximum absolute atomic E-state index is 14.4. The fourth-order valence-electron chi connectivity index (χ4n) is 11.7. The molecule has 458 valence electrons. The zero-order valence-electron chi connectivity index (χ0n) is 49.8. The van der Waals surface area contributed by atoms with Crippen LogP contribution in [0.5, 0.6) is 0 Å². The molecule has 21 heteroatoms. The summed E-state index contributed by atoms with van der Waals surface area (Å²) in [6.07, 6.45) is -9.67. The molecule has 0 spiro atoms. The number of hydrogen-bond donors (Lipinski definition) is 9. The minimum atomic E-state index is -2.38. The normalized spacial score (nSPS) is 43.8. The molecule has 0 radical (unpaired) electrons. The molecular weight excluding hydrogens is 1040 g/mol. The number of cyclic esters (lactones) is 1. The van der Waals surface area contributed by atoms with E-state index in [0.717, 1.165) is 11.1 Å². The van der Waals surface area contributed by atoms with Gasteiger partial charge in [0.25, 0.3) is 0 Å². The fraction of sp³-hybridized carbons (Fsp3) is 0.780. The predicted molar refractivity (Wildman–Crippen MR) is 292 cm³/mol. The number of hydrogen-bond acceptors (Lipinski definition) is 21. The van der Waals surface area contributed by atoms with Crippen LogP contribution in [0.1, 0.15) is 122 Å². The number of esters is 1. The highest BCUT2D eigenvalue weighted by Crippen LogP contribution is 2.47. The van der Waals surface area contributed by atoms with Crippen LogP contribution in [-0.2, 0) is 56.9 Å². The smallest absolute Gasteiger partial charge is 0.334 e. The number of allylic oxidation sites excluding steroid dienone is 7. The Morgan fingerprint density at radius 2 is 1.38 bits per heavy atom. The molecule has 5 rings (SSSR count). The molecule has 0 aromatic heterocycles. The average molecular weight is 1140 g/mol. The summed E-state index contributed by atoms with van der Waals surface area (Å²) in [5, 5.41) is 102. The van der Waals surface area contributed by atoms with Crippen LogP contribution in [0.4, 0.5) is 0 Å². The summed E-state index contributed by atoms with van der Waals surface area (Å²) in [5.41, 5.74) is -0.117. The summed E-state index contributed by atoms with van der Waals surface area (Å²) < 4.78 is 67.4. The minimum absolute atomic E-state index is 0.0177. The molecule has 0 bridgehead atoms. The van der Waals surface area contributed by atoms with Gasteiger partial charge in [0.05, 0.1) is 55.4 Å². The van der Waals surface area contributed by atoms with Crippen LogP contribution in [0.15, 0.2) is 70.1 Å². The zero-order chi connectivity index (χ0) is 59.9. The lowest BCUT2D eigenvalue weighted by molar-refractivity contribution is -0.416. The third-order valence-corrected chi connectivity index (χ3v) is 16.5. The third-order valence-electron chi connectivity index (χ3n) is 16.5. The van der Waals surface area contributed by atoms with Crippen molar-refractivity contribution in [2.75, 3.05) is 27.9 Å². The number of aliphatic hydroxyl groups is 9. The summed E-state index contributed by atoms with van der Waals surface area (Å²) in [4.78, 5) is 14.4. The van der Waals surface area contributed by atoms with Crippen molar-refractivity contribution in [2.24, 2.45) is 17.8 Å². The lowest BCUT2D eigenvalue weighted by Gasteiger charge is -2.57. The maximum atomic E-state index is 14.4. The number of carbonyl (C=O) groups excluding carboxylic acids is 1. The molecule has 5 aliphatic heterocycles. The first-order valence-electron chi connectivity index (χ1n) is 28.1. The molecule has 21 nitrogen and oxygen atoms in total. The quantitative estimate of drug-likeness (QED) is 0.0882. The number of carbonyl (C=O) groups is 1. The Kier molecular flexibility index (Phi) is 24.3. The molecule has 4 fully saturated rings. The van der Waals surface area contributed by atoms with Gasteiger partial charge in [0.1, 0.15) is 60.2 Å². The maximum Gasteiger partial charge on any atom is 0.334 e. The first kappa shape index (κ1) is 67.8. The standard InChI is InChI=1S/C59H96O21/c1-29-20-30(2)24-41(60)32(4)26-43(76-55(67)35(7)25-40(71-15)23-31(3)22-34(6)50(33(5)21-29)78-56-49(64)48(63)47(62)37(9)75-56)36(8)59(69)54(72-16)53(66)58(13,44(79-59)18-17-19-70-14)80-45-27-42(61)51(38(10)73-45)77-46-28-57(12,68)52(65)39(11)74-46/h20-25,32,34,36-39,41-54,56,60-66,68-69H,17-19,26-28H2,1-16H3. The van der Waals surface area contributed by atoms with Gasteiger partial charge in [0, 0.05) is 51.1 Å². The van der Waals surface area contributed by atoms with Gasteiger partial charge < -0.3 is 98.1 Å². The average Bonchev–Trinajstić information content (AvgIpc) is 3.37. The first-order chi connectivity index (χ1) is 37.3. The van der Waals surface area contributed by atoms with E-state index in [2.05, 4.69) is 0 Å². The molecule has 4 saturated heterocycles. The monoisotopic (exact) mass is 1140 g/mol. The van der Waals surface area contributed by atoms with E-state index in [1.807, 2.05) is 52.8 Å². The third kappa shape index (κ3) is 16.2. The highest BCUT2D eigenvalue weighted by molar-refractivity contribution is 5.88. The van der Waals surface area contributed by atoms with Crippen molar-refractivity contribution in [2.45, 2.75) is 250 Å². The van der Waals surface area contributed by atoms with E-state index in [4.69, 9.17) is 52.1 Å². The van der Waals surface area contributed by atoms with E-state index >= 15 is 0 Å². The molecular formula is C59H96O21. The summed E-state index contributed by atoms with van der Waals surface area (Å²) in [5.74, 6) is -5.03. The van der Waals surface area contributed by atoms with E-state index in [1.165, 1.54) is 34.3 Å². The van der Waals surface area contributed by atoms with E-state index < -0.39 is 145 Å². The number of rotatable bonds is 14. The van der Waals surface area contributed by atoms with Gasteiger partial charge in [-0.3, -0.25) is 0 Å². The Hall–Kier alpha value is -3.01. The van der Waals surface area contributed by atoms with E-state index in [1.54, 1.807) is 60.6 Å². The Bertz CT molecular complexity index is 2210. The molecule has 24 atom stereocenters. The zero-order valence-corrected chi connectivity index (χ0v) is 49.8. The summed E-state index contributed by atoms with van der Waals surface area (Å²) >= 11 is 0. The number of methoxy groups -OCH3 is 3. The van der Waals surface area contributed by atoms with Crippen LogP contribution in [0.3, 0.4) is 0 Å². The van der Waals surface area contributed by atoms with Crippen molar-refractivity contribution >= 4 is 5.97 Å². The summed E-state index contributed by atoms with van der Waals surface area (Å²) in [6, 6.07) is 0. The van der Waals surface area contributed by atoms with Crippen LogP contribution in [-0.4, -0.2) is 207 Å². The molecule has 0 aliphatic carbocycles. The SMILES string of the molecule is COCCCC1OC(O)(C(C)C2CC(C)C(O)C=C(C)C=C(C)C=C(C)C(OC3OC(C)C(O)C(O)C3O)C(C)C=C(C)C=C(OC)C=C(C)C(=O)O2)C(OC)C(O)C1(C)OC1CC(O)C(OC2CC(C)(O)C(O)C(C)O2)C(C)O1. The Labute approximate surface area is 472 Å². The van der Waals surface area contributed by atoms with Gasteiger partial charge in [-0.15, -0.1) is 0 Å². The molecule has 80 heavy (non-hydrogen) atoms. The van der Waals surface area contributed by atoms with Gasteiger partial charge in [-0.25, -0.2) is 4.79 Å². The summed E-state index contributed by atoms with van der Waals surface area (Å²) in [6.45, 7) is 22.5. The Morgan fingerprint density at radius 1 is 0.725 bits per heavy atom. The van der Waals surface area contributed by atoms with Crippen molar-refractivity contribution in [1.29, 1.82) is 0 Å². The fourth-order valence-corrected chi connectivity index (χ4v) is 11.7. The van der Waals surface area contributed by atoms with Gasteiger partial charge in [0.2, 0.25) is 5.79 Å². The summed E-state index contributed by atoms with van der Waals surface area (Å²) in [7, 11) is 4.29. The van der Waals surface area contributed by atoms with Crippen LogP contribution in [0, 0.1) is 17.8 Å². The highest BCUT2D eigenvalue weighted by Gasteiger charge is 2.64. The Balaban J connectivity index is 1.47. The van der Waals surface area contributed by atoms with Gasteiger partial charge in [-0.2, -0.15) is 0 Å². The number of aliphatic hydroxyl groups excluding tert-OH is 7. The van der Waals surface area contributed by atoms with Crippen molar-refractivity contribution < 1.29 is 103 Å². The minimum Gasteiger partial charge on any atom is -0.497 e. The second-order valence-corrected chi connectivity index (χ2v) is 23.6. The topological polar surface area (TPSA) is 301 Å². The van der Waals surface area contributed by atoms with Crippen LogP contribution < -0.4 is 0 Å². The molecule has 9 N–H and O–H groups in total. The van der Waals surface area contributed by atoms with Crippen molar-refractivity contribution in [3.05, 3.63) is 70.1 Å². The van der Waals surface area contributed by atoms with Crippen LogP contribution in [0.2, 0.25) is 0 Å². The highest BCUT2D eigenvalue weighted by atomic mass is 16.7. The van der Waals surface area contributed by atoms with Crippen molar-refractivity contribution in [3.63, 3.8) is 0 Å². The van der Waals surface area contributed by atoms with E-state index in [-0.39, 0.29) is 49.5 Å². The molecule has 24 unspecified atom stereocenters. The van der Waals surface area contributed by atoms with Gasteiger partial charge >= 0.3 is 5.97 Å². The second-order valence-electron chi connectivity index (χ2n) is 23.6. The Morgan fingerprint density at radius 3 is 1.99 bits per heavy atom. The van der Waals surface area contributed by atoms with Crippen molar-refractivity contribution in [3.8, 4) is 0 Å². The molecule has 5 aliphatic rings. The second kappa shape index (κ2) is 28.7. The van der Waals surface area contributed by atoms with Crippen LogP contribution >= 0.6 is 0 Å². The number of ether oxygens (including phenoxy) is 11. The largest absolute Gasteiger partial charge is 0.497 e. The van der Waals surface area contributed by atoms with Gasteiger partial charge in [-0.05, 0) is 112 Å². The lowest BCUT2D eigenvalue weighted by Crippen LogP contribution is -2.74. The molecule has 0 aromatic rings. The van der Waals surface area contributed by atoms with E-state index in [0.29, 0.717) is 17.6 Å². The lowest BCUT2D eigenvalue weighted by atomic mass is 9.74. The first-order valence-corrected chi connectivity index (χ1v) is 28.1. The van der Waals surface area contributed by atoms with Crippen LogP contribution in [0.25, 0.3) is 0 Å².